The lowest BCUT2D eigenvalue weighted by molar-refractivity contribution is 0.0683. The highest BCUT2D eigenvalue weighted by Gasteiger charge is 2.44. The Labute approximate surface area is 128 Å². The van der Waals surface area contributed by atoms with Gasteiger partial charge in [-0.15, -0.1) is 0 Å². The van der Waals surface area contributed by atoms with Gasteiger partial charge in [-0.25, -0.2) is 9.78 Å². The number of benzene rings is 1. The van der Waals surface area contributed by atoms with Crippen molar-refractivity contribution in [1.29, 1.82) is 0 Å². The van der Waals surface area contributed by atoms with E-state index >= 15 is 0 Å². The summed E-state index contributed by atoms with van der Waals surface area (Å²) in [5, 5.41) is 17.6. The molecule has 2 heterocycles. The number of aromatic carboxylic acids is 1. The van der Waals surface area contributed by atoms with Crippen molar-refractivity contribution in [2.24, 2.45) is 10.2 Å². The molecule has 0 bridgehead atoms. The van der Waals surface area contributed by atoms with Gasteiger partial charge in [0.25, 0.3) is 0 Å². The molecule has 1 aliphatic heterocycles. The minimum atomic E-state index is -0.983. The predicted octanol–water partition coefficient (Wildman–Crippen LogP) is 3.48. The first-order valence-corrected chi connectivity index (χ1v) is 7.23. The smallest absolute Gasteiger partial charge is 0.354 e. The lowest BCUT2D eigenvalue weighted by Gasteiger charge is -2.22. The molecular weight excluding hydrogens is 280 g/mol. The molecule has 0 amide bonds. The Kier molecular flexibility index (Phi) is 3.31. The van der Waals surface area contributed by atoms with E-state index in [1.807, 2.05) is 51.1 Å². The normalized spacial score (nSPS) is 18.0. The van der Waals surface area contributed by atoms with Crippen LogP contribution in [0.4, 0.5) is 0 Å². The summed E-state index contributed by atoms with van der Waals surface area (Å²) in [6.07, 6.45) is 1.42. The molecule has 6 nitrogen and oxygen atoms in total. The Balaban J connectivity index is 2.07. The van der Waals surface area contributed by atoms with E-state index in [1.54, 1.807) is 4.57 Å². The molecule has 0 fully saturated rings. The number of rotatable bonds is 5. The molecule has 3 rings (SSSR count). The van der Waals surface area contributed by atoms with E-state index in [0.717, 1.165) is 5.56 Å². The molecule has 1 aromatic heterocycles. The van der Waals surface area contributed by atoms with Crippen LogP contribution in [0.15, 0.2) is 46.8 Å². The van der Waals surface area contributed by atoms with E-state index in [-0.39, 0.29) is 17.7 Å². The molecule has 1 N–H and O–H groups in total. The average Bonchev–Trinajstić information content (AvgIpc) is 3.12. The molecule has 0 spiro atoms. The van der Waals surface area contributed by atoms with Crippen molar-refractivity contribution in [3.63, 3.8) is 0 Å². The van der Waals surface area contributed by atoms with Gasteiger partial charge in [0.15, 0.2) is 5.66 Å². The summed E-state index contributed by atoms with van der Waals surface area (Å²) in [7, 11) is 0. The Morgan fingerprint density at radius 3 is 2.41 bits per heavy atom. The number of hydrogen-bond donors (Lipinski definition) is 1. The van der Waals surface area contributed by atoms with Crippen LogP contribution in [0.1, 0.15) is 54.6 Å². The Bertz CT molecular complexity index is 730. The van der Waals surface area contributed by atoms with Crippen LogP contribution in [0.25, 0.3) is 0 Å². The quantitative estimate of drug-likeness (QED) is 0.917. The van der Waals surface area contributed by atoms with Gasteiger partial charge in [0.2, 0.25) is 0 Å². The topological polar surface area (TPSA) is 79.8 Å². The molecule has 1 aromatic carbocycles. The first-order chi connectivity index (χ1) is 10.4. The van der Waals surface area contributed by atoms with Gasteiger partial charge in [-0.1, -0.05) is 37.3 Å². The molecule has 114 valence electrons. The van der Waals surface area contributed by atoms with Crippen LogP contribution in [0, 0.1) is 0 Å². The molecule has 0 saturated carbocycles. The molecule has 1 aliphatic rings. The second kappa shape index (κ2) is 5.05. The number of carboxylic acid groups (broad SMARTS) is 1. The summed E-state index contributed by atoms with van der Waals surface area (Å²) in [6, 6.07) is 9.67. The summed E-state index contributed by atoms with van der Waals surface area (Å²) in [5.41, 5.74) is 0.726. The molecule has 2 aromatic rings. The van der Waals surface area contributed by atoms with Crippen molar-refractivity contribution in [1.82, 2.24) is 9.55 Å². The highest BCUT2D eigenvalue weighted by atomic mass is 16.4. The van der Waals surface area contributed by atoms with Crippen molar-refractivity contribution in [2.75, 3.05) is 0 Å². The third kappa shape index (κ3) is 2.30. The Morgan fingerprint density at radius 1 is 1.23 bits per heavy atom. The Hall–Kier alpha value is -2.50. The van der Waals surface area contributed by atoms with Crippen LogP contribution < -0.4 is 0 Å². The molecular formula is C16H18N4O2. The van der Waals surface area contributed by atoms with Gasteiger partial charge in [0.05, 0.1) is 18.2 Å². The molecule has 22 heavy (non-hydrogen) atoms. The van der Waals surface area contributed by atoms with Crippen molar-refractivity contribution in [3.05, 3.63) is 53.6 Å². The number of nitrogens with zero attached hydrogens (tertiary/aromatic N) is 4. The van der Waals surface area contributed by atoms with Gasteiger partial charge in [0, 0.05) is 0 Å². The van der Waals surface area contributed by atoms with Gasteiger partial charge >= 0.3 is 5.97 Å². The third-order valence-corrected chi connectivity index (χ3v) is 4.34. The number of imidazole rings is 1. The Morgan fingerprint density at radius 2 is 1.86 bits per heavy atom. The van der Waals surface area contributed by atoms with Gasteiger partial charge in [-0.05, 0) is 19.4 Å². The highest BCUT2D eigenvalue weighted by molar-refractivity contribution is 5.85. The molecule has 0 saturated heterocycles. The monoisotopic (exact) mass is 298 g/mol. The van der Waals surface area contributed by atoms with Gasteiger partial charge in [-0.3, -0.25) is 0 Å². The summed E-state index contributed by atoms with van der Waals surface area (Å²) >= 11 is 0. The van der Waals surface area contributed by atoms with Crippen LogP contribution in [-0.4, -0.2) is 26.3 Å². The van der Waals surface area contributed by atoms with Gasteiger partial charge in [0.1, 0.15) is 11.5 Å². The fourth-order valence-electron chi connectivity index (χ4n) is 2.64. The van der Waals surface area contributed by atoms with Crippen LogP contribution in [0.5, 0.6) is 0 Å². The van der Waals surface area contributed by atoms with E-state index in [9.17, 15) is 9.90 Å². The fourth-order valence-corrected chi connectivity index (χ4v) is 2.64. The maximum atomic E-state index is 11.6. The van der Waals surface area contributed by atoms with Crippen LogP contribution >= 0.6 is 0 Å². The summed E-state index contributed by atoms with van der Waals surface area (Å²) < 4.78 is 1.77. The minimum absolute atomic E-state index is 0.0771. The second-order valence-electron chi connectivity index (χ2n) is 5.78. The summed E-state index contributed by atoms with van der Waals surface area (Å²) in [5.74, 6) is -0.364. The van der Waals surface area contributed by atoms with Crippen molar-refractivity contribution in [2.45, 2.75) is 38.4 Å². The number of hydrogen-bond acceptors (Lipinski definition) is 4. The predicted molar refractivity (Wildman–Crippen MR) is 81.1 cm³/mol. The maximum Gasteiger partial charge on any atom is 0.354 e. The van der Waals surface area contributed by atoms with E-state index in [0.29, 0.717) is 5.82 Å². The third-order valence-electron chi connectivity index (χ3n) is 4.34. The standard InChI is InChI=1S/C16H18N4O2/c1-10(16(3)18-19-16)14-17-9-13(15(21)22)20(14)11(2)12-7-5-4-6-8-12/h4-11H,1-3H3,(H,21,22). The lowest BCUT2D eigenvalue weighted by Crippen LogP contribution is -2.23. The largest absolute Gasteiger partial charge is 0.477 e. The van der Waals surface area contributed by atoms with E-state index < -0.39 is 11.6 Å². The van der Waals surface area contributed by atoms with Crippen molar-refractivity contribution >= 4 is 5.97 Å². The zero-order valence-corrected chi connectivity index (χ0v) is 12.8. The fraction of sp³-hybridized carbons (Fsp3) is 0.375. The van der Waals surface area contributed by atoms with E-state index in [4.69, 9.17) is 0 Å². The first kappa shape index (κ1) is 14.4. The minimum Gasteiger partial charge on any atom is -0.477 e. The van der Waals surface area contributed by atoms with Gasteiger partial charge < -0.3 is 9.67 Å². The number of carboxylic acids is 1. The van der Waals surface area contributed by atoms with Crippen molar-refractivity contribution < 1.29 is 9.90 Å². The summed E-state index contributed by atoms with van der Waals surface area (Å²) in [6.45, 7) is 5.87. The van der Waals surface area contributed by atoms with Gasteiger partial charge in [-0.2, -0.15) is 10.2 Å². The van der Waals surface area contributed by atoms with E-state index in [1.165, 1.54) is 6.20 Å². The van der Waals surface area contributed by atoms with Crippen molar-refractivity contribution in [3.8, 4) is 0 Å². The first-order valence-electron chi connectivity index (χ1n) is 7.23. The number of aromatic nitrogens is 2. The molecule has 0 aliphatic carbocycles. The average molecular weight is 298 g/mol. The zero-order chi connectivity index (χ0) is 15.9. The van der Waals surface area contributed by atoms with Crippen LogP contribution in [-0.2, 0) is 0 Å². The summed E-state index contributed by atoms with van der Waals surface area (Å²) in [4.78, 5) is 15.9. The SMILES string of the molecule is CC(c1ccccc1)n1c(C(=O)O)cnc1C(C)C1(C)N=N1. The van der Waals surface area contributed by atoms with E-state index in [2.05, 4.69) is 15.2 Å². The molecule has 0 radical (unpaired) electrons. The lowest BCUT2D eigenvalue weighted by atomic mass is 9.98. The number of carbonyl (C=O) groups is 1. The second-order valence-corrected chi connectivity index (χ2v) is 5.78. The molecule has 2 unspecified atom stereocenters. The molecule has 2 atom stereocenters. The zero-order valence-electron chi connectivity index (χ0n) is 12.8. The van der Waals surface area contributed by atoms with Crippen LogP contribution in [0.3, 0.4) is 0 Å². The highest BCUT2D eigenvalue weighted by Crippen LogP contribution is 2.42. The maximum absolute atomic E-state index is 11.6. The van der Waals surface area contributed by atoms with Crippen LogP contribution in [0.2, 0.25) is 0 Å². The molecule has 6 heteroatoms.